The molecule has 5 heteroatoms. The molecular formula is C16H21N3O2. The Kier molecular flexibility index (Phi) is 5.97. The SMILES string of the molecule is CCNc1cc(OCCOCC)nc(-c2ccccc2)n1. The van der Waals surface area contributed by atoms with Crippen LogP contribution < -0.4 is 10.1 Å². The predicted molar refractivity (Wildman–Crippen MR) is 83.6 cm³/mol. The molecule has 0 aliphatic heterocycles. The Morgan fingerprint density at radius 2 is 1.86 bits per heavy atom. The molecule has 1 N–H and O–H groups in total. The van der Waals surface area contributed by atoms with Crippen molar-refractivity contribution in [3.8, 4) is 17.3 Å². The van der Waals surface area contributed by atoms with Crippen LogP contribution in [0.3, 0.4) is 0 Å². The van der Waals surface area contributed by atoms with Gasteiger partial charge in [-0.05, 0) is 13.8 Å². The third-order valence-electron chi connectivity index (χ3n) is 2.77. The number of benzene rings is 1. The number of nitrogens with zero attached hydrogens (tertiary/aromatic N) is 2. The Labute approximate surface area is 125 Å². The van der Waals surface area contributed by atoms with E-state index in [4.69, 9.17) is 9.47 Å². The summed E-state index contributed by atoms with van der Waals surface area (Å²) in [7, 11) is 0. The molecule has 112 valence electrons. The molecule has 1 aromatic carbocycles. The summed E-state index contributed by atoms with van der Waals surface area (Å²) in [4.78, 5) is 8.96. The second-order valence-corrected chi connectivity index (χ2v) is 4.36. The lowest BCUT2D eigenvalue weighted by molar-refractivity contribution is 0.108. The van der Waals surface area contributed by atoms with Gasteiger partial charge in [0.25, 0.3) is 0 Å². The molecule has 0 aliphatic rings. The fraction of sp³-hybridized carbons (Fsp3) is 0.375. The minimum Gasteiger partial charge on any atom is -0.475 e. The first-order valence-corrected chi connectivity index (χ1v) is 7.22. The van der Waals surface area contributed by atoms with Gasteiger partial charge in [0.1, 0.15) is 12.4 Å². The number of hydrogen-bond donors (Lipinski definition) is 1. The molecule has 0 fully saturated rings. The van der Waals surface area contributed by atoms with Crippen molar-refractivity contribution in [2.75, 3.05) is 31.7 Å². The molecule has 0 amide bonds. The van der Waals surface area contributed by atoms with Crippen molar-refractivity contribution in [1.82, 2.24) is 9.97 Å². The molecule has 2 aromatic rings. The summed E-state index contributed by atoms with van der Waals surface area (Å²) in [6.45, 7) is 6.50. The van der Waals surface area contributed by atoms with E-state index in [0.717, 1.165) is 17.9 Å². The first-order valence-electron chi connectivity index (χ1n) is 7.22. The van der Waals surface area contributed by atoms with Gasteiger partial charge in [-0.15, -0.1) is 0 Å². The Morgan fingerprint density at radius 1 is 1.05 bits per heavy atom. The summed E-state index contributed by atoms with van der Waals surface area (Å²) in [6.07, 6.45) is 0. The van der Waals surface area contributed by atoms with E-state index in [1.54, 1.807) is 0 Å². The van der Waals surface area contributed by atoms with E-state index in [1.165, 1.54) is 0 Å². The molecule has 0 radical (unpaired) electrons. The van der Waals surface area contributed by atoms with Crippen LogP contribution in [0.5, 0.6) is 5.88 Å². The number of anilines is 1. The second kappa shape index (κ2) is 8.21. The highest BCUT2D eigenvalue weighted by atomic mass is 16.5. The largest absolute Gasteiger partial charge is 0.475 e. The van der Waals surface area contributed by atoms with E-state index in [1.807, 2.05) is 50.2 Å². The third kappa shape index (κ3) is 4.72. The molecule has 0 saturated carbocycles. The van der Waals surface area contributed by atoms with Gasteiger partial charge in [-0.2, -0.15) is 4.98 Å². The third-order valence-corrected chi connectivity index (χ3v) is 2.77. The van der Waals surface area contributed by atoms with Crippen molar-refractivity contribution in [2.45, 2.75) is 13.8 Å². The average Bonchev–Trinajstić information content (AvgIpc) is 2.53. The van der Waals surface area contributed by atoms with Crippen LogP contribution in [0, 0.1) is 0 Å². The summed E-state index contributed by atoms with van der Waals surface area (Å²) in [5, 5.41) is 3.20. The van der Waals surface area contributed by atoms with Gasteiger partial charge in [-0.3, -0.25) is 0 Å². The Balaban J connectivity index is 2.18. The summed E-state index contributed by atoms with van der Waals surface area (Å²) >= 11 is 0. The molecule has 1 aromatic heterocycles. The Hall–Kier alpha value is -2.14. The van der Waals surface area contributed by atoms with Gasteiger partial charge in [0.05, 0.1) is 6.61 Å². The minimum absolute atomic E-state index is 0.477. The van der Waals surface area contributed by atoms with Gasteiger partial charge in [0.15, 0.2) is 5.82 Å². The highest BCUT2D eigenvalue weighted by Crippen LogP contribution is 2.21. The number of hydrogen-bond acceptors (Lipinski definition) is 5. The van der Waals surface area contributed by atoms with Crippen molar-refractivity contribution < 1.29 is 9.47 Å². The zero-order valence-electron chi connectivity index (χ0n) is 12.5. The van der Waals surface area contributed by atoms with Crippen LogP contribution in [0.15, 0.2) is 36.4 Å². The maximum absolute atomic E-state index is 5.64. The second-order valence-electron chi connectivity index (χ2n) is 4.36. The Bertz CT molecular complexity index is 546. The summed E-state index contributed by atoms with van der Waals surface area (Å²) in [6, 6.07) is 11.7. The van der Waals surface area contributed by atoms with E-state index >= 15 is 0 Å². The van der Waals surface area contributed by atoms with E-state index in [9.17, 15) is 0 Å². The smallest absolute Gasteiger partial charge is 0.219 e. The number of ether oxygens (including phenoxy) is 2. The highest BCUT2D eigenvalue weighted by Gasteiger charge is 2.07. The zero-order chi connectivity index (χ0) is 14.9. The van der Waals surface area contributed by atoms with Gasteiger partial charge in [-0.25, -0.2) is 4.98 Å². The van der Waals surface area contributed by atoms with Crippen LogP contribution in [0.25, 0.3) is 11.4 Å². The maximum Gasteiger partial charge on any atom is 0.219 e. The number of nitrogens with one attached hydrogen (secondary N) is 1. The van der Waals surface area contributed by atoms with E-state index in [0.29, 0.717) is 31.5 Å². The topological polar surface area (TPSA) is 56.3 Å². The van der Waals surface area contributed by atoms with Crippen LogP contribution in [-0.2, 0) is 4.74 Å². The summed E-state index contributed by atoms with van der Waals surface area (Å²) < 4.78 is 10.9. The van der Waals surface area contributed by atoms with Gasteiger partial charge >= 0.3 is 0 Å². The molecule has 1 heterocycles. The first-order chi connectivity index (χ1) is 10.3. The van der Waals surface area contributed by atoms with Crippen LogP contribution in [0.1, 0.15) is 13.8 Å². The lowest BCUT2D eigenvalue weighted by Crippen LogP contribution is -2.09. The fourth-order valence-corrected chi connectivity index (χ4v) is 1.84. The van der Waals surface area contributed by atoms with Gasteiger partial charge in [-0.1, -0.05) is 30.3 Å². The molecule has 0 aliphatic carbocycles. The predicted octanol–water partition coefficient (Wildman–Crippen LogP) is 2.99. The van der Waals surface area contributed by atoms with Crippen LogP contribution in [0.2, 0.25) is 0 Å². The lowest BCUT2D eigenvalue weighted by atomic mass is 10.2. The molecule has 0 unspecified atom stereocenters. The number of rotatable bonds is 8. The van der Waals surface area contributed by atoms with Crippen LogP contribution in [-0.4, -0.2) is 36.3 Å². The van der Waals surface area contributed by atoms with E-state index in [2.05, 4.69) is 15.3 Å². The standard InChI is InChI=1S/C16H21N3O2/c1-3-17-14-12-15(21-11-10-20-4-2)19-16(18-14)13-8-6-5-7-9-13/h5-9,12H,3-4,10-11H2,1-2H3,(H,17,18,19). The van der Waals surface area contributed by atoms with Crippen molar-refractivity contribution in [2.24, 2.45) is 0 Å². The maximum atomic E-state index is 5.64. The van der Waals surface area contributed by atoms with E-state index in [-0.39, 0.29) is 0 Å². The summed E-state index contributed by atoms with van der Waals surface area (Å²) in [5.74, 6) is 1.97. The molecule has 21 heavy (non-hydrogen) atoms. The van der Waals surface area contributed by atoms with Crippen LogP contribution >= 0.6 is 0 Å². The molecule has 2 rings (SSSR count). The molecular weight excluding hydrogens is 266 g/mol. The Morgan fingerprint density at radius 3 is 2.57 bits per heavy atom. The molecule has 0 saturated heterocycles. The van der Waals surface area contributed by atoms with Crippen molar-refractivity contribution >= 4 is 5.82 Å². The normalized spacial score (nSPS) is 10.4. The van der Waals surface area contributed by atoms with Gasteiger partial charge in [0, 0.05) is 24.8 Å². The van der Waals surface area contributed by atoms with Gasteiger partial charge in [0.2, 0.25) is 5.88 Å². The molecule has 0 bridgehead atoms. The van der Waals surface area contributed by atoms with E-state index < -0.39 is 0 Å². The molecule has 0 spiro atoms. The summed E-state index contributed by atoms with van der Waals surface area (Å²) in [5.41, 5.74) is 0.965. The average molecular weight is 287 g/mol. The van der Waals surface area contributed by atoms with Crippen molar-refractivity contribution in [3.05, 3.63) is 36.4 Å². The highest BCUT2D eigenvalue weighted by molar-refractivity contribution is 5.58. The first kappa shape index (κ1) is 15.3. The zero-order valence-corrected chi connectivity index (χ0v) is 12.5. The quantitative estimate of drug-likeness (QED) is 0.756. The fourth-order valence-electron chi connectivity index (χ4n) is 1.84. The monoisotopic (exact) mass is 287 g/mol. The van der Waals surface area contributed by atoms with Crippen LogP contribution in [0.4, 0.5) is 5.82 Å². The van der Waals surface area contributed by atoms with Crippen molar-refractivity contribution in [1.29, 1.82) is 0 Å². The minimum atomic E-state index is 0.477. The molecule has 0 atom stereocenters. The van der Waals surface area contributed by atoms with Crippen molar-refractivity contribution in [3.63, 3.8) is 0 Å². The molecule has 5 nitrogen and oxygen atoms in total. The lowest BCUT2D eigenvalue weighted by Gasteiger charge is -2.10. The number of aromatic nitrogens is 2. The van der Waals surface area contributed by atoms with Gasteiger partial charge < -0.3 is 14.8 Å².